The average Bonchev–Trinajstić information content (AvgIpc) is 2.60. The van der Waals surface area contributed by atoms with Crippen LogP contribution in [0.4, 0.5) is 18.9 Å². The maximum Gasteiger partial charge on any atom is 0.416 e. The largest absolute Gasteiger partial charge is 0.416 e. The van der Waals surface area contributed by atoms with Gasteiger partial charge in [-0.1, -0.05) is 35.3 Å². The summed E-state index contributed by atoms with van der Waals surface area (Å²) in [5.41, 5.74) is -0.752. The molecule has 0 saturated carbocycles. The van der Waals surface area contributed by atoms with Crippen molar-refractivity contribution >= 4 is 44.8 Å². The van der Waals surface area contributed by atoms with Crippen LogP contribution >= 0.6 is 23.2 Å². The van der Waals surface area contributed by atoms with Crippen molar-refractivity contribution in [2.75, 3.05) is 24.2 Å². The molecule has 0 atom stereocenters. The molecule has 5 nitrogen and oxygen atoms in total. The van der Waals surface area contributed by atoms with Gasteiger partial charge in [0.15, 0.2) is 0 Å². The van der Waals surface area contributed by atoms with Gasteiger partial charge < -0.3 is 4.90 Å². The molecule has 158 valence electrons. The molecule has 0 spiro atoms. The maximum absolute atomic E-state index is 13.0. The van der Waals surface area contributed by atoms with E-state index >= 15 is 0 Å². The molecule has 11 heteroatoms. The first kappa shape index (κ1) is 23.3. The third-order valence-electron chi connectivity index (χ3n) is 3.98. The molecule has 0 bridgehead atoms. The first-order chi connectivity index (χ1) is 13.3. The third kappa shape index (κ3) is 6.25. The zero-order chi connectivity index (χ0) is 22.0. The second kappa shape index (κ2) is 8.81. The van der Waals surface area contributed by atoms with Crippen LogP contribution in [0, 0.1) is 0 Å². The molecule has 2 aromatic rings. The van der Waals surface area contributed by atoms with Crippen molar-refractivity contribution in [3.05, 3.63) is 63.6 Å². The minimum atomic E-state index is -4.70. The van der Waals surface area contributed by atoms with E-state index < -0.39 is 39.9 Å². The van der Waals surface area contributed by atoms with E-state index in [9.17, 15) is 26.4 Å². The van der Waals surface area contributed by atoms with Gasteiger partial charge in [-0.15, -0.1) is 0 Å². The lowest BCUT2D eigenvalue weighted by Gasteiger charge is -2.26. The molecule has 0 aliphatic heterocycles. The fourth-order valence-electron chi connectivity index (χ4n) is 2.46. The van der Waals surface area contributed by atoms with E-state index in [1.807, 2.05) is 0 Å². The van der Waals surface area contributed by atoms with Crippen LogP contribution < -0.4 is 4.31 Å². The van der Waals surface area contributed by atoms with Gasteiger partial charge in [0.2, 0.25) is 15.9 Å². The lowest BCUT2D eigenvalue weighted by atomic mass is 10.2. The van der Waals surface area contributed by atoms with Gasteiger partial charge in [-0.25, -0.2) is 8.42 Å². The third-order valence-corrected chi connectivity index (χ3v) is 5.68. The lowest BCUT2D eigenvalue weighted by Crippen LogP contribution is -2.41. The molecule has 2 aromatic carbocycles. The van der Waals surface area contributed by atoms with Crippen molar-refractivity contribution in [3.8, 4) is 0 Å². The highest BCUT2D eigenvalue weighted by Crippen LogP contribution is 2.36. The summed E-state index contributed by atoms with van der Waals surface area (Å²) in [4.78, 5) is 13.8. The predicted molar refractivity (Wildman–Crippen MR) is 107 cm³/mol. The van der Waals surface area contributed by atoms with Gasteiger partial charge in [-0.3, -0.25) is 9.10 Å². The fourth-order valence-corrected chi connectivity index (χ4v) is 3.71. The van der Waals surface area contributed by atoms with E-state index in [0.717, 1.165) is 24.0 Å². The van der Waals surface area contributed by atoms with Crippen LogP contribution in [0.15, 0.2) is 42.5 Å². The minimum absolute atomic E-state index is 0.157. The number of sulfonamides is 1. The first-order valence-corrected chi connectivity index (χ1v) is 10.7. The number of anilines is 1. The van der Waals surface area contributed by atoms with E-state index in [1.54, 1.807) is 24.3 Å². The summed E-state index contributed by atoms with van der Waals surface area (Å²) in [6, 6.07) is 8.96. The van der Waals surface area contributed by atoms with Crippen molar-refractivity contribution in [1.29, 1.82) is 0 Å². The molecule has 0 aliphatic rings. The smallest absolute Gasteiger partial charge is 0.340 e. The molecular formula is C18H17Cl2F3N2O3S. The van der Waals surface area contributed by atoms with Crippen LogP contribution in [0.3, 0.4) is 0 Å². The molecule has 0 aromatic heterocycles. The number of halogens is 5. The molecule has 0 heterocycles. The van der Waals surface area contributed by atoms with Crippen molar-refractivity contribution in [2.45, 2.75) is 12.7 Å². The highest BCUT2D eigenvalue weighted by atomic mass is 35.5. The van der Waals surface area contributed by atoms with Gasteiger partial charge in [0.1, 0.15) is 6.54 Å². The van der Waals surface area contributed by atoms with Crippen molar-refractivity contribution in [3.63, 3.8) is 0 Å². The Morgan fingerprint density at radius 2 is 1.66 bits per heavy atom. The number of hydrogen-bond acceptors (Lipinski definition) is 3. The Kier molecular flexibility index (Phi) is 7.08. The number of rotatable bonds is 6. The molecule has 0 fully saturated rings. The Morgan fingerprint density at radius 3 is 2.17 bits per heavy atom. The second-order valence-electron chi connectivity index (χ2n) is 6.31. The number of hydrogen-bond donors (Lipinski definition) is 0. The van der Waals surface area contributed by atoms with E-state index in [-0.39, 0.29) is 11.6 Å². The van der Waals surface area contributed by atoms with Crippen molar-refractivity contribution in [1.82, 2.24) is 4.90 Å². The van der Waals surface area contributed by atoms with E-state index in [2.05, 4.69) is 0 Å². The van der Waals surface area contributed by atoms with Gasteiger partial charge in [-0.05, 0) is 35.9 Å². The summed E-state index contributed by atoms with van der Waals surface area (Å²) in [6.07, 6.45) is -3.91. The lowest BCUT2D eigenvalue weighted by molar-refractivity contribution is -0.137. The predicted octanol–water partition coefficient (Wildman–Crippen LogP) is 4.44. The number of nitrogens with zero attached hydrogens (tertiary/aromatic N) is 2. The van der Waals surface area contributed by atoms with Gasteiger partial charge in [-0.2, -0.15) is 13.2 Å². The van der Waals surface area contributed by atoms with E-state index in [0.29, 0.717) is 15.4 Å². The SMILES string of the molecule is CN(Cc1ccc(Cl)cc1)C(=O)CN(c1cc(C(F)(F)F)ccc1Cl)S(C)(=O)=O. The van der Waals surface area contributed by atoms with Crippen LogP contribution in [-0.4, -0.2) is 39.1 Å². The van der Waals surface area contributed by atoms with Gasteiger partial charge in [0.25, 0.3) is 0 Å². The minimum Gasteiger partial charge on any atom is -0.340 e. The van der Waals surface area contributed by atoms with Crippen LogP contribution in [0.5, 0.6) is 0 Å². The Labute approximate surface area is 176 Å². The molecular weight excluding hydrogens is 452 g/mol. The van der Waals surface area contributed by atoms with Crippen LogP contribution in [0.2, 0.25) is 10.0 Å². The fraction of sp³-hybridized carbons (Fsp3) is 0.278. The summed E-state index contributed by atoms with van der Waals surface area (Å²) < 4.78 is 64.0. The zero-order valence-corrected chi connectivity index (χ0v) is 17.7. The summed E-state index contributed by atoms with van der Waals surface area (Å²) in [6.45, 7) is -0.548. The van der Waals surface area contributed by atoms with Crippen LogP contribution in [-0.2, 0) is 27.5 Å². The number of alkyl halides is 3. The van der Waals surface area contributed by atoms with E-state index in [4.69, 9.17) is 23.2 Å². The molecule has 0 aliphatic carbocycles. The molecule has 1 amide bonds. The van der Waals surface area contributed by atoms with Gasteiger partial charge in [0, 0.05) is 18.6 Å². The Hall–Kier alpha value is -1.97. The maximum atomic E-state index is 13.0. The van der Waals surface area contributed by atoms with E-state index in [1.165, 1.54) is 11.9 Å². The highest BCUT2D eigenvalue weighted by molar-refractivity contribution is 7.92. The molecule has 0 saturated heterocycles. The molecule has 0 radical (unpaired) electrons. The normalized spacial score (nSPS) is 12.0. The Bertz CT molecular complexity index is 996. The number of amides is 1. The molecule has 0 N–H and O–H groups in total. The van der Waals surface area contributed by atoms with Crippen LogP contribution in [0.1, 0.15) is 11.1 Å². The van der Waals surface area contributed by atoms with Gasteiger partial charge in [0.05, 0.1) is 22.5 Å². The molecule has 0 unspecified atom stereocenters. The van der Waals surface area contributed by atoms with Crippen LogP contribution in [0.25, 0.3) is 0 Å². The summed E-state index contributed by atoms with van der Waals surface area (Å²) in [7, 11) is -2.64. The summed E-state index contributed by atoms with van der Waals surface area (Å²) in [5.74, 6) is -0.626. The zero-order valence-electron chi connectivity index (χ0n) is 15.4. The highest BCUT2D eigenvalue weighted by Gasteiger charge is 2.33. The standard InChI is InChI=1S/C18H17Cl2F3N2O3S/c1-24(10-12-3-6-14(19)7-4-12)17(26)11-25(29(2,27)28)16-9-13(18(21,22)23)5-8-15(16)20/h3-9H,10-11H2,1-2H3. The summed E-state index contributed by atoms with van der Waals surface area (Å²) >= 11 is 11.8. The van der Waals surface area contributed by atoms with Crippen molar-refractivity contribution in [2.24, 2.45) is 0 Å². The van der Waals surface area contributed by atoms with Crippen molar-refractivity contribution < 1.29 is 26.4 Å². The second-order valence-corrected chi connectivity index (χ2v) is 9.06. The molecule has 2 rings (SSSR count). The topological polar surface area (TPSA) is 57.7 Å². The number of carbonyl (C=O) groups is 1. The number of likely N-dealkylation sites (N-methyl/N-ethyl adjacent to an activating group) is 1. The monoisotopic (exact) mass is 468 g/mol. The summed E-state index contributed by atoms with van der Waals surface area (Å²) in [5, 5.41) is 0.293. The number of benzene rings is 2. The Balaban J connectivity index is 2.30. The number of carbonyl (C=O) groups excluding carboxylic acids is 1. The quantitative estimate of drug-likeness (QED) is 0.629. The van der Waals surface area contributed by atoms with Gasteiger partial charge >= 0.3 is 6.18 Å². The Morgan fingerprint density at radius 1 is 1.07 bits per heavy atom. The first-order valence-electron chi connectivity index (χ1n) is 8.12. The molecule has 29 heavy (non-hydrogen) atoms. The average molecular weight is 469 g/mol.